The maximum atomic E-state index is 9.94. The van der Waals surface area contributed by atoms with Crippen molar-refractivity contribution in [1.82, 2.24) is 0 Å². The van der Waals surface area contributed by atoms with Gasteiger partial charge < -0.3 is 9.21 Å². The number of halogens is 1. The lowest BCUT2D eigenvalue weighted by Crippen LogP contribution is -1.82. The minimum absolute atomic E-state index is 0.408. The largest absolute Gasteiger partial charge is 0.450 e. The van der Waals surface area contributed by atoms with Crippen LogP contribution in [0.4, 0.5) is 0 Å². The third kappa shape index (κ3) is 2.76. The molecule has 0 bridgehead atoms. The number of aryl methyl sites for hydroxylation is 1. The Morgan fingerprint density at radius 1 is 1.55 bits per heavy atom. The fourth-order valence-corrected chi connectivity index (χ4v) is 1.01. The van der Waals surface area contributed by atoms with Crippen molar-refractivity contribution >= 4 is 17.9 Å². The molecule has 0 atom stereocenters. The van der Waals surface area contributed by atoms with Gasteiger partial charge in [-0.05, 0) is 30.2 Å². The highest BCUT2D eigenvalue weighted by Crippen LogP contribution is 2.14. The molecule has 2 nitrogen and oxygen atoms in total. The van der Waals surface area contributed by atoms with E-state index in [0.717, 1.165) is 24.9 Å². The molecule has 0 aromatic carbocycles. The zero-order chi connectivity index (χ0) is 8.10. The highest BCUT2D eigenvalue weighted by Gasteiger charge is 1.97. The fourth-order valence-electron chi connectivity index (χ4n) is 0.846. The molecule has 0 aliphatic rings. The lowest BCUT2D eigenvalue weighted by atomic mass is 10.2. The standard InChI is InChI=1S/C8H9ClO2/c9-8-5-4-7(11-8)3-1-2-6-10/h4-6H,1-3H2. The van der Waals surface area contributed by atoms with Crippen molar-refractivity contribution < 1.29 is 9.21 Å². The quantitative estimate of drug-likeness (QED) is 0.516. The Balaban J connectivity index is 2.32. The number of furan rings is 1. The van der Waals surface area contributed by atoms with Crippen LogP contribution in [0.1, 0.15) is 18.6 Å². The maximum absolute atomic E-state index is 9.94. The highest BCUT2D eigenvalue weighted by molar-refractivity contribution is 6.28. The Labute approximate surface area is 70.2 Å². The number of aldehydes is 1. The van der Waals surface area contributed by atoms with Gasteiger partial charge >= 0.3 is 0 Å². The molecule has 0 saturated carbocycles. The predicted molar refractivity (Wildman–Crippen MR) is 42.7 cm³/mol. The first-order chi connectivity index (χ1) is 5.33. The van der Waals surface area contributed by atoms with Gasteiger partial charge in [0.15, 0.2) is 5.22 Å². The Bertz CT molecular complexity index is 230. The molecule has 3 heteroatoms. The van der Waals surface area contributed by atoms with Crippen LogP contribution in [-0.2, 0) is 11.2 Å². The van der Waals surface area contributed by atoms with Gasteiger partial charge in [-0.2, -0.15) is 0 Å². The number of hydrogen-bond acceptors (Lipinski definition) is 2. The normalized spacial score (nSPS) is 9.91. The van der Waals surface area contributed by atoms with Crippen LogP contribution in [0, 0.1) is 0 Å². The van der Waals surface area contributed by atoms with Crippen molar-refractivity contribution in [1.29, 1.82) is 0 Å². The molecular formula is C8H9ClO2. The first-order valence-corrected chi connectivity index (χ1v) is 3.88. The summed E-state index contributed by atoms with van der Waals surface area (Å²) in [6.45, 7) is 0. The van der Waals surface area contributed by atoms with E-state index < -0.39 is 0 Å². The minimum atomic E-state index is 0.408. The maximum Gasteiger partial charge on any atom is 0.193 e. The summed E-state index contributed by atoms with van der Waals surface area (Å²) in [4.78, 5) is 9.94. The van der Waals surface area contributed by atoms with Crippen LogP contribution in [0.3, 0.4) is 0 Å². The minimum Gasteiger partial charge on any atom is -0.450 e. The molecule has 1 aromatic rings. The van der Waals surface area contributed by atoms with Crippen molar-refractivity contribution in [3.05, 3.63) is 23.1 Å². The molecule has 0 radical (unpaired) electrons. The Morgan fingerprint density at radius 2 is 2.36 bits per heavy atom. The van der Waals surface area contributed by atoms with Crippen molar-refractivity contribution in [2.24, 2.45) is 0 Å². The zero-order valence-electron chi connectivity index (χ0n) is 6.05. The molecule has 0 amide bonds. The van der Waals surface area contributed by atoms with Gasteiger partial charge in [0, 0.05) is 12.8 Å². The van der Waals surface area contributed by atoms with E-state index in [1.807, 2.05) is 6.07 Å². The van der Waals surface area contributed by atoms with E-state index >= 15 is 0 Å². The summed E-state index contributed by atoms with van der Waals surface area (Å²) in [7, 11) is 0. The fraction of sp³-hybridized carbons (Fsp3) is 0.375. The van der Waals surface area contributed by atoms with Gasteiger partial charge in [0.25, 0.3) is 0 Å². The van der Waals surface area contributed by atoms with E-state index in [1.54, 1.807) is 6.07 Å². The van der Waals surface area contributed by atoms with E-state index in [4.69, 9.17) is 16.0 Å². The second-order valence-electron chi connectivity index (χ2n) is 2.26. The van der Waals surface area contributed by atoms with Gasteiger partial charge in [0.1, 0.15) is 12.0 Å². The van der Waals surface area contributed by atoms with Crippen LogP contribution in [-0.4, -0.2) is 6.29 Å². The van der Waals surface area contributed by atoms with E-state index in [0.29, 0.717) is 11.6 Å². The monoisotopic (exact) mass is 172 g/mol. The average molecular weight is 173 g/mol. The lowest BCUT2D eigenvalue weighted by Gasteiger charge is -1.90. The van der Waals surface area contributed by atoms with E-state index in [9.17, 15) is 4.79 Å². The molecule has 0 saturated heterocycles. The van der Waals surface area contributed by atoms with E-state index in [1.165, 1.54) is 0 Å². The summed E-state index contributed by atoms with van der Waals surface area (Å²) < 4.78 is 5.08. The Morgan fingerprint density at radius 3 is 2.91 bits per heavy atom. The molecule has 1 heterocycles. The number of carbonyl (C=O) groups is 1. The molecule has 0 N–H and O–H groups in total. The molecule has 1 rings (SSSR count). The molecular weight excluding hydrogens is 164 g/mol. The number of unbranched alkanes of at least 4 members (excludes halogenated alkanes) is 1. The molecule has 60 valence electrons. The van der Waals surface area contributed by atoms with Gasteiger partial charge in [-0.15, -0.1) is 0 Å². The summed E-state index contributed by atoms with van der Waals surface area (Å²) in [5.41, 5.74) is 0. The van der Waals surface area contributed by atoms with Crippen molar-refractivity contribution in [3.8, 4) is 0 Å². The third-order valence-electron chi connectivity index (χ3n) is 1.37. The summed E-state index contributed by atoms with van der Waals surface area (Å²) in [5.74, 6) is 0.844. The van der Waals surface area contributed by atoms with Gasteiger partial charge in [0.2, 0.25) is 0 Å². The smallest absolute Gasteiger partial charge is 0.193 e. The van der Waals surface area contributed by atoms with Gasteiger partial charge in [-0.3, -0.25) is 0 Å². The van der Waals surface area contributed by atoms with Gasteiger partial charge in [0.05, 0.1) is 0 Å². The van der Waals surface area contributed by atoms with Crippen LogP contribution in [0.15, 0.2) is 16.5 Å². The Kier molecular flexibility index (Phi) is 3.17. The van der Waals surface area contributed by atoms with Crippen LogP contribution >= 0.6 is 11.6 Å². The number of hydrogen-bond donors (Lipinski definition) is 0. The summed E-state index contributed by atoms with van der Waals surface area (Å²) in [6, 6.07) is 3.53. The van der Waals surface area contributed by atoms with Crippen molar-refractivity contribution in [3.63, 3.8) is 0 Å². The number of rotatable bonds is 4. The van der Waals surface area contributed by atoms with Crippen LogP contribution in [0.25, 0.3) is 0 Å². The first-order valence-electron chi connectivity index (χ1n) is 3.51. The third-order valence-corrected chi connectivity index (χ3v) is 1.58. The van der Waals surface area contributed by atoms with E-state index in [-0.39, 0.29) is 0 Å². The van der Waals surface area contributed by atoms with E-state index in [2.05, 4.69) is 0 Å². The summed E-state index contributed by atoms with van der Waals surface area (Å²) in [6.07, 6.45) is 3.10. The molecule has 0 unspecified atom stereocenters. The second-order valence-corrected chi connectivity index (χ2v) is 2.64. The number of carbonyl (C=O) groups excluding carboxylic acids is 1. The van der Waals surface area contributed by atoms with Crippen molar-refractivity contribution in [2.45, 2.75) is 19.3 Å². The predicted octanol–water partition coefficient (Wildman–Crippen LogP) is 2.45. The molecule has 0 aliphatic heterocycles. The molecule has 0 spiro atoms. The molecule has 11 heavy (non-hydrogen) atoms. The van der Waals surface area contributed by atoms with Gasteiger partial charge in [-0.1, -0.05) is 0 Å². The highest BCUT2D eigenvalue weighted by atomic mass is 35.5. The molecule has 1 aromatic heterocycles. The van der Waals surface area contributed by atoms with Crippen LogP contribution in [0.5, 0.6) is 0 Å². The van der Waals surface area contributed by atoms with Crippen molar-refractivity contribution in [2.75, 3.05) is 0 Å². The molecule has 0 fully saturated rings. The topological polar surface area (TPSA) is 30.2 Å². The summed E-state index contributed by atoms with van der Waals surface area (Å²) in [5, 5.41) is 0.408. The van der Waals surface area contributed by atoms with Crippen LogP contribution in [0.2, 0.25) is 5.22 Å². The molecule has 0 aliphatic carbocycles. The average Bonchev–Trinajstić information content (AvgIpc) is 2.37. The second kappa shape index (κ2) is 4.19. The first kappa shape index (κ1) is 8.34. The summed E-state index contributed by atoms with van der Waals surface area (Å²) >= 11 is 5.54. The van der Waals surface area contributed by atoms with Crippen LogP contribution < -0.4 is 0 Å². The van der Waals surface area contributed by atoms with Gasteiger partial charge in [-0.25, -0.2) is 0 Å². The lowest BCUT2D eigenvalue weighted by molar-refractivity contribution is -0.107. The Hall–Kier alpha value is -0.760. The zero-order valence-corrected chi connectivity index (χ0v) is 6.80. The SMILES string of the molecule is O=CCCCc1ccc(Cl)o1.